The van der Waals surface area contributed by atoms with Crippen LogP contribution in [0.1, 0.15) is 27.7 Å². The molecule has 1 aliphatic carbocycles. The number of hydrogen-bond acceptors (Lipinski definition) is 6. The number of rotatable bonds is 10. The van der Waals surface area contributed by atoms with Crippen LogP contribution in [-0.4, -0.2) is 92.6 Å². The minimum Gasteiger partial charge on any atom is -0.378 e. The highest BCUT2D eigenvalue weighted by Crippen LogP contribution is 2.49. The minimum absolute atomic E-state index is 0.218. The topological polar surface area (TPSA) is 19.4 Å². The van der Waals surface area contributed by atoms with Gasteiger partial charge in [-0.2, -0.15) is 0 Å². The van der Waals surface area contributed by atoms with Crippen LogP contribution in [0.5, 0.6) is 0 Å². The quantitative estimate of drug-likeness (QED) is 0.211. The Hall–Kier alpha value is -3.84. The third kappa shape index (κ3) is 5.79. The second-order valence-electron chi connectivity index (χ2n) is 14.3. The van der Waals surface area contributed by atoms with Crippen molar-refractivity contribution in [2.45, 2.75) is 33.2 Å². The summed E-state index contributed by atoms with van der Waals surface area (Å²) in [5, 5.41) is 4.31. The molecule has 3 aromatic carbocycles. The lowest BCUT2D eigenvalue weighted by molar-refractivity contribution is 1.07. The van der Waals surface area contributed by atoms with E-state index in [9.17, 15) is 0 Å². The molecule has 0 saturated heterocycles. The first kappa shape index (κ1) is 35.0. The van der Waals surface area contributed by atoms with E-state index in [4.69, 9.17) is 0 Å². The summed E-state index contributed by atoms with van der Waals surface area (Å²) in [6, 6.07) is 21.5. The van der Waals surface area contributed by atoms with Crippen molar-refractivity contribution in [2.24, 2.45) is 0 Å². The molecule has 0 bridgehead atoms. The third-order valence-corrected chi connectivity index (χ3v) is 15.7. The molecule has 1 aliphatic rings. The van der Waals surface area contributed by atoms with Gasteiger partial charge in [0.2, 0.25) is 0 Å². The lowest BCUT2D eigenvalue weighted by Crippen LogP contribution is -2.72. The van der Waals surface area contributed by atoms with Crippen LogP contribution in [0.2, 0.25) is 5.54 Å². The average molecular weight is 639 g/mol. The first-order chi connectivity index (χ1) is 21.5. The van der Waals surface area contributed by atoms with Crippen LogP contribution in [0, 0.1) is 0 Å². The molecule has 0 aromatic heterocycles. The Bertz CT molecular complexity index is 1480. The highest BCUT2D eigenvalue weighted by molar-refractivity contribution is 7.15. The van der Waals surface area contributed by atoms with Crippen molar-refractivity contribution in [2.75, 3.05) is 114 Å². The number of nitrogens with zero attached hydrogens (tertiary/aromatic N) is 6. The van der Waals surface area contributed by atoms with E-state index in [0.29, 0.717) is 0 Å². The van der Waals surface area contributed by atoms with Gasteiger partial charge in [-0.25, -0.2) is 0 Å². The molecule has 0 aliphatic heterocycles. The maximum absolute atomic E-state index is 3.08. The van der Waals surface area contributed by atoms with Crippen LogP contribution in [0.4, 0.5) is 34.1 Å². The SMILES string of the molecule is CC1=C(C)C([Si](c2cc(N(C)C)ccc2N(C)C)(c2cc(N(C)C)ccc2N(C)C)c2cc(N(C)C)ccc2N(C)C)C(C)=C1C. The fraction of sp³-hybridized carbons (Fsp3) is 0.436. The Kier molecular flexibility index (Phi) is 9.98. The summed E-state index contributed by atoms with van der Waals surface area (Å²) in [4.78, 5) is 13.8. The summed E-state index contributed by atoms with van der Waals surface area (Å²) >= 11 is 0. The molecule has 0 N–H and O–H groups in total. The molecule has 0 saturated carbocycles. The summed E-state index contributed by atoms with van der Waals surface area (Å²) in [6.45, 7) is 9.48. The van der Waals surface area contributed by atoms with Crippen molar-refractivity contribution >= 4 is 57.8 Å². The van der Waals surface area contributed by atoms with Gasteiger partial charge in [0, 0.05) is 124 Å². The first-order valence-electron chi connectivity index (χ1n) is 16.3. The second kappa shape index (κ2) is 13.1. The van der Waals surface area contributed by atoms with E-state index in [1.807, 2.05) is 0 Å². The lowest BCUT2D eigenvalue weighted by Gasteiger charge is -2.46. The Morgan fingerprint density at radius 2 is 0.652 bits per heavy atom. The summed E-state index contributed by atoms with van der Waals surface area (Å²) in [6.07, 6.45) is 0. The van der Waals surface area contributed by atoms with Crippen molar-refractivity contribution in [3.05, 3.63) is 76.9 Å². The number of allylic oxidation sites excluding steroid dienone is 4. The summed E-state index contributed by atoms with van der Waals surface area (Å²) in [5.74, 6) is 0. The van der Waals surface area contributed by atoms with Gasteiger partial charge in [0.15, 0.2) is 8.07 Å². The van der Waals surface area contributed by atoms with Crippen LogP contribution in [0.25, 0.3) is 0 Å². The molecule has 0 atom stereocenters. The van der Waals surface area contributed by atoms with Crippen molar-refractivity contribution in [1.82, 2.24) is 0 Å². The van der Waals surface area contributed by atoms with Gasteiger partial charge in [-0.1, -0.05) is 11.1 Å². The monoisotopic (exact) mass is 638 g/mol. The summed E-state index contributed by atoms with van der Waals surface area (Å²) in [7, 11) is 23.1. The zero-order chi connectivity index (χ0) is 34.4. The Balaban J connectivity index is 2.50. The third-order valence-electron chi connectivity index (χ3n) is 10.3. The van der Waals surface area contributed by atoms with Gasteiger partial charge in [0.1, 0.15) is 0 Å². The van der Waals surface area contributed by atoms with Gasteiger partial charge < -0.3 is 29.4 Å². The van der Waals surface area contributed by atoms with Crippen molar-refractivity contribution < 1.29 is 0 Å². The largest absolute Gasteiger partial charge is 0.378 e. The molecular formula is C39H58N6Si. The van der Waals surface area contributed by atoms with E-state index >= 15 is 0 Å². The molecule has 0 radical (unpaired) electrons. The first-order valence-corrected chi connectivity index (χ1v) is 18.4. The van der Waals surface area contributed by atoms with Gasteiger partial charge in [0.25, 0.3) is 0 Å². The molecule has 4 rings (SSSR count). The van der Waals surface area contributed by atoms with Crippen LogP contribution < -0.4 is 45.0 Å². The van der Waals surface area contributed by atoms with Crippen LogP contribution >= 0.6 is 0 Å². The van der Waals surface area contributed by atoms with E-state index in [-0.39, 0.29) is 5.54 Å². The maximum Gasteiger partial charge on any atom is 0.167 e. The molecule has 0 amide bonds. The van der Waals surface area contributed by atoms with Crippen molar-refractivity contribution in [3.63, 3.8) is 0 Å². The zero-order valence-electron chi connectivity index (χ0n) is 31.5. The lowest BCUT2D eigenvalue weighted by atomic mass is 10.1. The smallest absolute Gasteiger partial charge is 0.167 e. The minimum atomic E-state index is -3.08. The fourth-order valence-corrected chi connectivity index (χ4v) is 14.2. The normalized spacial score (nSPS) is 13.8. The van der Waals surface area contributed by atoms with Crippen molar-refractivity contribution in [1.29, 1.82) is 0 Å². The molecule has 0 fully saturated rings. The predicted octanol–water partition coefficient (Wildman–Crippen LogP) is 5.61. The molecule has 7 heteroatoms. The van der Waals surface area contributed by atoms with Gasteiger partial charge in [-0.15, -0.1) is 0 Å². The van der Waals surface area contributed by atoms with E-state index in [0.717, 1.165) is 0 Å². The van der Waals surface area contributed by atoms with Gasteiger partial charge in [-0.3, -0.25) is 0 Å². The van der Waals surface area contributed by atoms with Crippen LogP contribution in [0.15, 0.2) is 76.9 Å². The van der Waals surface area contributed by atoms with Crippen LogP contribution in [0.3, 0.4) is 0 Å². The Morgan fingerprint density at radius 1 is 0.391 bits per heavy atom. The molecule has 46 heavy (non-hydrogen) atoms. The van der Waals surface area contributed by atoms with E-state index in [1.54, 1.807) is 0 Å². The molecule has 0 spiro atoms. The highest BCUT2D eigenvalue weighted by Gasteiger charge is 2.54. The standard InChI is InChI=1S/C39H58N6Si/c1-26-27(2)29(4)39(28(26)3)46(36-23-30(40(5)6)17-20-33(36)43(11)12,37-24-31(41(7)8)18-21-34(37)44(13)14)38-25-32(42(9)10)19-22-35(38)45(15)16/h17-25,39H,1-16H3. The van der Waals surface area contributed by atoms with Crippen LogP contribution in [-0.2, 0) is 0 Å². The maximum atomic E-state index is 2.52. The Labute approximate surface area is 281 Å². The van der Waals surface area contributed by atoms with Gasteiger partial charge in [-0.05, 0) is 109 Å². The number of benzene rings is 3. The molecule has 0 heterocycles. The van der Waals surface area contributed by atoms with E-state index < -0.39 is 8.07 Å². The number of anilines is 6. The molecule has 0 unspecified atom stereocenters. The zero-order valence-corrected chi connectivity index (χ0v) is 32.5. The van der Waals surface area contributed by atoms with E-state index in [2.05, 4.69) is 196 Å². The molecular weight excluding hydrogens is 581 g/mol. The average Bonchev–Trinajstić information content (AvgIpc) is 3.19. The van der Waals surface area contributed by atoms with Crippen molar-refractivity contribution in [3.8, 4) is 0 Å². The number of hydrogen-bond donors (Lipinski definition) is 0. The molecule has 248 valence electrons. The summed E-state index contributed by atoms with van der Waals surface area (Å²) < 4.78 is 0. The molecule has 6 nitrogen and oxygen atoms in total. The van der Waals surface area contributed by atoms with Gasteiger partial charge >= 0.3 is 0 Å². The second-order valence-corrected chi connectivity index (χ2v) is 18.1. The summed E-state index contributed by atoms with van der Waals surface area (Å²) in [5.41, 5.74) is 13.5. The predicted molar refractivity (Wildman–Crippen MR) is 210 cm³/mol. The van der Waals surface area contributed by atoms with E-state index in [1.165, 1.54) is 72.0 Å². The molecule has 3 aromatic rings. The Morgan fingerprint density at radius 3 is 0.870 bits per heavy atom. The fourth-order valence-electron chi connectivity index (χ4n) is 7.42. The van der Waals surface area contributed by atoms with Gasteiger partial charge in [0.05, 0.1) is 0 Å². The highest BCUT2D eigenvalue weighted by atomic mass is 28.3.